The molecule has 3 aromatic heterocycles. The van der Waals surface area contributed by atoms with Crippen molar-refractivity contribution in [2.45, 2.75) is 31.5 Å². The van der Waals surface area contributed by atoms with Gasteiger partial charge in [-0.2, -0.15) is 17.7 Å². The summed E-state index contributed by atoms with van der Waals surface area (Å²) < 4.78 is 45.4. The highest BCUT2D eigenvalue weighted by molar-refractivity contribution is 5.44. The molecule has 10 heteroatoms. The standard InChI is InChI=1S/C17H19F3N6O/c18-17(19,20)16-23-22-15-7-6-14(24-26(15)16)21-11-12(13-5-4-10-27-13)25-8-2-1-3-9-25/h4-7,10,12H,1-3,8-9,11H2,(H,21,24). The summed E-state index contributed by atoms with van der Waals surface area (Å²) in [5.41, 5.74) is 0.0477. The van der Waals surface area contributed by atoms with Gasteiger partial charge in [0.15, 0.2) is 5.65 Å². The molecule has 0 radical (unpaired) electrons. The molecule has 0 aliphatic carbocycles. The van der Waals surface area contributed by atoms with Gasteiger partial charge in [-0.05, 0) is 50.2 Å². The van der Waals surface area contributed by atoms with Crippen molar-refractivity contribution in [1.29, 1.82) is 0 Å². The second-order valence-electron chi connectivity index (χ2n) is 6.52. The normalized spacial score (nSPS) is 17.3. The van der Waals surface area contributed by atoms with Crippen molar-refractivity contribution >= 4 is 11.5 Å². The number of likely N-dealkylation sites (tertiary alicyclic amines) is 1. The fourth-order valence-corrected chi connectivity index (χ4v) is 3.38. The summed E-state index contributed by atoms with van der Waals surface area (Å²) in [7, 11) is 0. The molecule has 0 spiro atoms. The van der Waals surface area contributed by atoms with Crippen LogP contribution < -0.4 is 5.32 Å². The van der Waals surface area contributed by atoms with Gasteiger partial charge in [-0.25, -0.2) is 0 Å². The van der Waals surface area contributed by atoms with Gasteiger partial charge in [0.05, 0.1) is 12.3 Å². The van der Waals surface area contributed by atoms with Crippen molar-refractivity contribution in [2.75, 3.05) is 25.0 Å². The number of anilines is 1. The minimum Gasteiger partial charge on any atom is -0.468 e. The summed E-state index contributed by atoms with van der Waals surface area (Å²) in [4.78, 5) is 2.33. The number of hydrogen-bond donors (Lipinski definition) is 1. The fraction of sp³-hybridized carbons (Fsp3) is 0.471. The van der Waals surface area contributed by atoms with Crippen LogP contribution in [0.3, 0.4) is 0 Å². The monoisotopic (exact) mass is 380 g/mol. The predicted octanol–water partition coefficient (Wildman–Crippen LogP) is 3.38. The van der Waals surface area contributed by atoms with Crippen LogP contribution >= 0.6 is 0 Å². The average Bonchev–Trinajstić information content (AvgIpc) is 3.32. The van der Waals surface area contributed by atoms with Crippen LogP contribution in [0.15, 0.2) is 34.9 Å². The van der Waals surface area contributed by atoms with Gasteiger partial charge < -0.3 is 9.73 Å². The van der Waals surface area contributed by atoms with Gasteiger partial charge in [0.25, 0.3) is 5.82 Å². The number of furan rings is 1. The molecule has 27 heavy (non-hydrogen) atoms. The highest BCUT2D eigenvalue weighted by Gasteiger charge is 2.37. The molecule has 144 valence electrons. The van der Waals surface area contributed by atoms with E-state index in [1.807, 2.05) is 12.1 Å². The molecular weight excluding hydrogens is 361 g/mol. The van der Waals surface area contributed by atoms with Gasteiger partial charge in [-0.15, -0.1) is 15.3 Å². The van der Waals surface area contributed by atoms with Crippen molar-refractivity contribution in [3.63, 3.8) is 0 Å². The van der Waals surface area contributed by atoms with E-state index in [2.05, 4.69) is 25.5 Å². The molecule has 7 nitrogen and oxygen atoms in total. The Morgan fingerprint density at radius 1 is 1.11 bits per heavy atom. The van der Waals surface area contributed by atoms with Gasteiger partial charge in [0, 0.05) is 6.54 Å². The lowest BCUT2D eigenvalue weighted by atomic mass is 10.1. The van der Waals surface area contributed by atoms with E-state index in [-0.39, 0.29) is 11.7 Å². The summed E-state index contributed by atoms with van der Waals surface area (Å²) in [6.45, 7) is 2.39. The average molecular weight is 380 g/mol. The first kappa shape index (κ1) is 17.8. The molecule has 1 unspecified atom stereocenters. The summed E-state index contributed by atoms with van der Waals surface area (Å²) in [6.07, 6.45) is 0.466. The summed E-state index contributed by atoms with van der Waals surface area (Å²) in [6, 6.07) is 6.79. The van der Waals surface area contributed by atoms with Crippen molar-refractivity contribution in [1.82, 2.24) is 24.7 Å². The van der Waals surface area contributed by atoms with Crippen LogP contribution in [0.4, 0.5) is 19.0 Å². The molecule has 4 rings (SSSR count). The lowest BCUT2D eigenvalue weighted by molar-refractivity contribution is -0.146. The van der Waals surface area contributed by atoms with Crippen LogP contribution in [0.2, 0.25) is 0 Å². The topological polar surface area (TPSA) is 71.5 Å². The number of rotatable bonds is 5. The molecule has 1 atom stereocenters. The zero-order valence-electron chi connectivity index (χ0n) is 14.5. The first-order valence-electron chi connectivity index (χ1n) is 8.83. The van der Waals surface area contributed by atoms with E-state index in [1.54, 1.807) is 12.3 Å². The van der Waals surface area contributed by atoms with Crippen LogP contribution in [0, 0.1) is 0 Å². The molecule has 1 saturated heterocycles. The Morgan fingerprint density at radius 3 is 2.63 bits per heavy atom. The van der Waals surface area contributed by atoms with E-state index in [1.165, 1.54) is 12.5 Å². The Morgan fingerprint density at radius 2 is 1.93 bits per heavy atom. The van der Waals surface area contributed by atoms with Crippen molar-refractivity contribution in [3.8, 4) is 0 Å². The van der Waals surface area contributed by atoms with Gasteiger partial charge in [0.2, 0.25) is 0 Å². The molecular formula is C17H19F3N6O. The number of fused-ring (bicyclic) bond motifs is 1. The van der Waals surface area contributed by atoms with Crippen molar-refractivity contribution < 1.29 is 17.6 Å². The predicted molar refractivity (Wildman–Crippen MR) is 91.1 cm³/mol. The van der Waals surface area contributed by atoms with Crippen LogP contribution in [0.1, 0.15) is 36.9 Å². The van der Waals surface area contributed by atoms with Crippen LogP contribution in [0.5, 0.6) is 0 Å². The third-order valence-electron chi connectivity index (χ3n) is 4.70. The van der Waals surface area contributed by atoms with E-state index in [4.69, 9.17) is 4.42 Å². The largest absolute Gasteiger partial charge is 0.468 e. The summed E-state index contributed by atoms with van der Waals surface area (Å²) >= 11 is 0. The summed E-state index contributed by atoms with van der Waals surface area (Å²) in [5, 5.41) is 13.9. The van der Waals surface area contributed by atoms with Crippen molar-refractivity contribution in [2.24, 2.45) is 0 Å². The Labute approximate surface area is 153 Å². The number of aromatic nitrogens is 4. The first-order chi connectivity index (χ1) is 13.0. The third-order valence-corrected chi connectivity index (χ3v) is 4.70. The molecule has 1 fully saturated rings. The number of hydrogen-bond acceptors (Lipinski definition) is 6. The van der Waals surface area contributed by atoms with E-state index in [0.29, 0.717) is 16.9 Å². The summed E-state index contributed by atoms with van der Waals surface area (Å²) in [5.74, 6) is 0.00638. The van der Waals surface area contributed by atoms with Gasteiger partial charge >= 0.3 is 6.18 Å². The second-order valence-corrected chi connectivity index (χ2v) is 6.52. The second kappa shape index (κ2) is 7.18. The number of nitrogens with one attached hydrogen (secondary N) is 1. The van der Waals surface area contributed by atoms with Crippen molar-refractivity contribution in [3.05, 3.63) is 42.1 Å². The molecule has 0 aromatic carbocycles. The molecule has 1 aliphatic rings. The molecule has 0 amide bonds. The van der Waals surface area contributed by atoms with E-state index >= 15 is 0 Å². The fourth-order valence-electron chi connectivity index (χ4n) is 3.38. The van der Waals surface area contributed by atoms with Gasteiger partial charge in [-0.1, -0.05) is 6.42 Å². The number of nitrogens with zero attached hydrogens (tertiary/aromatic N) is 5. The third kappa shape index (κ3) is 3.75. The van der Waals surface area contributed by atoms with Crippen LogP contribution in [-0.4, -0.2) is 44.3 Å². The quantitative estimate of drug-likeness (QED) is 0.732. The zero-order valence-corrected chi connectivity index (χ0v) is 14.5. The number of alkyl halides is 3. The maximum Gasteiger partial charge on any atom is 0.453 e. The molecule has 1 aliphatic heterocycles. The highest BCUT2D eigenvalue weighted by Crippen LogP contribution is 2.28. The van der Waals surface area contributed by atoms with E-state index in [9.17, 15) is 13.2 Å². The zero-order chi connectivity index (χ0) is 18.9. The lowest BCUT2D eigenvalue weighted by Crippen LogP contribution is -2.37. The minimum absolute atomic E-state index is 0.0132. The number of piperidine rings is 1. The van der Waals surface area contributed by atoms with Crippen LogP contribution in [-0.2, 0) is 6.18 Å². The smallest absolute Gasteiger partial charge is 0.453 e. The maximum atomic E-state index is 13.0. The molecule has 0 saturated carbocycles. The van der Waals surface area contributed by atoms with Crippen LogP contribution in [0.25, 0.3) is 5.65 Å². The van der Waals surface area contributed by atoms with Gasteiger partial charge in [-0.3, -0.25) is 4.90 Å². The Hall–Kier alpha value is -2.62. The van der Waals surface area contributed by atoms with Gasteiger partial charge in [0.1, 0.15) is 11.6 Å². The molecule has 3 aromatic rings. The lowest BCUT2D eigenvalue weighted by Gasteiger charge is -2.33. The van der Waals surface area contributed by atoms with E-state index < -0.39 is 12.0 Å². The maximum absolute atomic E-state index is 13.0. The minimum atomic E-state index is -4.62. The SMILES string of the molecule is FC(F)(F)c1nnc2ccc(NCC(c3ccco3)N3CCCCC3)nn12. The Bertz CT molecular complexity index is 886. The molecule has 0 bridgehead atoms. The Balaban J connectivity index is 1.55. The highest BCUT2D eigenvalue weighted by atomic mass is 19.4. The number of halogens is 3. The molecule has 1 N–H and O–H groups in total. The molecule has 4 heterocycles. The van der Waals surface area contributed by atoms with E-state index in [0.717, 1.165) is 31.7 Å². The Kier molecular flexibility index (Phi) is 4.73. The first-order valence-corrected chi connectivity index (χ1v) is 8.83.